The number of ether oxygens (including phenoxy) is 1. The highest BCUT2D eigenvalue weighted by atomic mass is 35.5. The van der Waals surface area contributed by atoms with Crippen LogP contribution in [0.25, 0.3) is 23.1 Å². The number of benzene rings is 3. The van der Waals surface area contributed by atoms with Crippen molar-refractivity contribution in [3.63, 3.8) is 0 Å². The zero-order valence-electron chi connectivity index (χ0n) is 16.2. The maximum absolute atomic E-state index is 12.3. The van der Waals surface area contributed by atoms with E-state index in [1.165, 1.54) is 18.5 Å². The SMILES string of the molecule is O=C(C=Cc1ccc(Cl)c(Cl)c1)C=Cc1ccccc1Oc1ncnc2ccccc12. The third kappa shape index (κ3) is 5.18. The molecule has 0 bridgehead atoms. The molecule has 4 nitrogen and oxygen atoms in total. The van der Waals surface area contributed by atoms with Gasteiger partial charge in [-0.05, 0) is 54.1 Å². The molecule has 3 aromatic carbocycles. The van der Waals surface area contributed by atoms with Crippen LogP contribution in [0.3, 0.4) is 0 Å². The molecule has 0 saturated carbocycles. The third-order valence-electron chi connectivity index (χ3n) is 4.44. The molecule has 0 amide bonds. The van der Waals surface area contributed by atoms with Gasteiger partial charge >= 0.3 is 0 Å². The molecule has 0 N–H and O–H groups in total. The number of ketones is 1. The summed E-state index contributed by atoms with van der Waals surface area (Å²) in [5.74, 6) is 0.870. The van der Waals surface area contributed by atoms with Gasteiger partial charge in [-0.25, -0.2) is 9.97 Å². The van der Waals surface area contributed by atoms with Gasteiger partial charge in [0.1, 0.15) is 12.1 Å². The predicted molar refractivity (Wildman–Crippen MR) is 126 cm³/mol. The number of halogens is 2. The van der Waals surface area contributed by atoms with Crippen molar-refractivity contribution in [3.05, 3.63) is 106 Å². The van der Waals surface area contributed by atoms with Crippen molar-refractivity contribution in [1.29, 1.82) is 0 Å². The van der Waals surface area contributed by atoms with Gasteiger partial charge in [0.25, 0.3) is 0 Å². The van der Waals surface area contributed by atoms with Crippen LogP contribution in [0.2, 0.25) is 10.0 Å². The summed E-state index contributed by atoms with van der Waals surface area (Å²) < 4.78 is 6.05. The van der Waals surface area contributed by atoms with Crippen molar-refractivity contribution < 1.29 is 9.53 Å². The zero-order chi connectivity index (χ0) is 21.6. The summed E-state index contributed by atoms with van der Waals surface area (Å²) in [6, 6.07) is 20.2. The molecule has 4 aromatic rings. The molecule has 0 fully saturated rings. The Hall–Kier alpha value is -3.47. The van der Waals surface area contributed by atoms with Gasteiger partial charge < -0.3 is 4.74 Å². The predicted octanol–water partition coefficient (Wildman–Crippen LogP) is 7.02. The minimum atomic E-state index is -0.173. The fourth-order valence-electron chi connectivity index (χ4n) is 2.90. The maximum atomic E-state index is 12.3. The first-order valence-electron chi connectivity index (χ1n) is 9.42. The summed E-state index contributed by atoms with van der Waals surface area (Å²) in [5, 5.41) is 1.72. The Morgan fingerprint density at radius 3 is 2.48 bits per heavy atom. The summed E-state index contributed by atoms with van der Waals surface area (Å²) in [6.45, 7) is 0. The number of rotatable bonds is 6. The molecule has 6 heteroatoms. The molecule has 0 atom stereocenters. The molecular formula is C25H16Cl2N2O2. The van der Waals surface area contributed by atoms with Crippen LogP contribution in [0.15, 0.2) is 85.2 Å². The third-order valence-corrected chi connectivity index (χ3v) is 5.18. The number of hydrogen-bond donors (Lipinski definition) is 0. The lowest BCUT2D eigenvalue weighted by molar-refractivity contribution is -0.110. The van der Waals surface area contributed by atoms with Crippen molar-refractivity contribution in [3.8, 4) is 11.6 Å². The average molecular weight is 447 g/mol. The summed E-state index contributed by atoms with van der Waals surface area (Å²) in [7, 11) is 0. The Kier molecular flexibility index (Phi) is 6.41. The van der Waals surface area contributed by atoms with Crippen LogP contribution < -0.4 is 4.74 Å². The first-order valence-corrected chi connectivity index (χ1v) is 10.2. The van der Waals surface area contributed by atoms with Crippen LogP contribution >= 0.6 is 23.2 Å². The number of fused-ring (bicyclic) bond motifs is 1. The molecule has 1 heterocycles. The van der Waals surface area contributed by atoms with Gasteiger partial charge in [-0.3, -0.25) is 4.79 Å². The van der Waals surface area contributed by atoms with Crippen LogP contribution in [0.4, 0.5) is 0 Å². The van der Waals surface area contributed by atoms with E-state index in [0.29, 0.717) is 21.7 Å². The van der Waals surface area contributed by atoms with Gasteiger partial charge in [0.15, 0.2) is 5.78 Å². The van der Waals surface area contributed by atoms with Crippen LogP contribution in [-0.4, -0.2) is 15.8 Å². The second-order valence-corrected chi connectivity index (χ2v) is 7.39. The maximum Gasteiger partial charge on any atom is 0.230 e. The summed E-state index contributed by atoms with van der Waals surface area (Å²) in [6.07, 6.45) is 7.81. The Morgan fingerprint density at radius 1 is 0.839 bits per heavy atom. The molecular weight excluding hydrogens is 431 g/mol. The number of carbonyl (C=O) groups is 1. The Morgan fingerprint density at radius 2 is 1.61 bits per heavy atom. The molecule has 152 valence electrons. The highest BCUT2D eigenvalue weighted by Crippen LogP contribution is 2.29. The van der Waals surface area contributed by atoms with E-state index >= 15 is 0 Å². The normalized spacial score (nSPS) is 11.4. The molecule has 4 rings (SSSR count). The molecule has 0 aliphatic carbocycles. The van der Waals surface area contributed by atoms with Crippen LogP contribution in [0.5, 0.6) is 11.6 Å². The number of para-hydroxylation sites is 2. The van der Waals surface area contributed by atoms with Gasteiger partial charge in [0, 0.05) is 5.56 Å². The van der Waals surface area contributed by atoms with E-state index in [1.54, 1.807) is 30.4 Å². The standard InChI is InChI=1S/C25H16Cl2N2O2/c26-21-14-10-17(15-22(21)27)9-12-19(30)13-11-18-5-1-4-8-24(18)31-25-20-6-2-3-7-23(20)28-16-29-25/h1-16H. The van der Waals surface area contributed by atoms with Crippen LogP contribution in [-0.2, 0) is 4.79 Å². The largest absolute Gasteiger partial charge is 0.438 e. The van der Waals surface area contributed by atoms with Crippen molar-refractivity contribution in [2.75, 3.05) is 0 Å². The first kappa shape index (κ1) is 20.8. The topological polar surface area (TPSA) is 52.1 Å². The van der Waals surface area contributed by atoms with Gasteiger partial charge in [0.05, 0.1) is 20.9 Å². The lowest BCUT2D eigenvalue weighted by Gasteiger charge is -2.09. The van der Waals surface area contributed by atoms with Crippen molar-refractivity contribution >= 4 is 52.0 Å². The van der Waals surface area contributed by atoms with Gasteiger partial charge in [-0.15, -0.1) is 0 Å². The lowest BCUT2D eigenvalue weighted by atomic mass is 10.1. The molecule has 1 aromatic heterocycles. The number of carbonyl (C=O) groups excluding carboxylic acids is 1. The average Bonchev–Trinajstić information content (AvgIpc) is 2.79. The zero-order valence-corrected chi connectivity index (χ0v) is 17.7. The second-order valence-electron chi connectivity index (χ2n) is 6.58. The summed E-state index contributed by atoms with van der Waals surface area (Å²) in [5.41, 5.74) is 2.33. The number of nitrogens with zero attached hydrogens (tertiary/aromatic N) is 2. The Balaban J connectivity index is 1.53. The number of hydrogen-bond acceptors (Lipinski definition) is 4. The highest BCUT2D eigenvalue weighted by molar-refractivity contribution is 6.42. The first-order chi connectivity index (χ1) is 15.1. The van der Waals surface area contributed by atoms with Crippen LogP contribution in [0, 0.1) is 0 Å². The minimum absolute atomic E-state index is 0.173. The molecule has 0 radical (unpaired) electrons. The van der Waals surface area contributed by atoms with E-state index in [4.69, 9.17) is 27.9 Å². The van der Waals surface area contributed by atoms with Gasteiger partial charge in [0.2, 0.25) is 5.88 Å². The molecule has 0 aliphatic heterocycles. The molecule has 0 aliphatic rings. The fraction of sp³-hybridized carbons (Fsp3) is 0. The van der Waals surface area contributed by atoms with E-state index in [1.807, 2.05) is 48.5 Å². The minimum Gasteiger partial charge on any atom is -0.438 e. The second kappa shape index (κ2) is 9.56. The molecule has 31 heavy (non-hydrogen) atoms. The monoisotopic (exact) mass is 446 g/mol. The quantitative estimate of drug-likeness (QED) is 0.298. The van der Waals surface area contributed by atoms with Crippen molar-refractivity contribution in [2.45, 2.75) is 0 Å². The number of allylic oxidation sites excluding steroid dienone is 2. The summed E-state index contributed by atoms with van der Waals surface area (Å²) >= 11 is 11.9. The van der Waals surface area contributed by atoms with Crippen molar-refractivity contribution in [2.24, 2.45) is 0 Å². The molecule has 0 saturated heterocycles. The van der Waals surface area contributed by atoms with E-state index in [-0.39, 0.29) is 5.78 Å². The van der Waals surface area contributed by atoms with E-state index in [9.17, 15) is 4.79 Å². The Labute approximate surface area is 189 Å². The van der Waals surface area contributed by atoms with Crippen molar-refractivity contribution in [1.82, 2.24) is 9.97 Å². The van der Waals surface area contributed by atoms with Crippen LogP contribution in [0.1, 0.15) is 11.1 Å². The van der Waals surface area contributed by atoms with E-state index in [2.05, 4.69) is 9.97 Å². The highest BCUT2D eigenvalue weighted by Gasteiger charge is 2.08. The summed E-state index contributed by atoms with van der Waals surface area (Å²) in [4.78, 5) is 20.8. The number of aromatic nitrogens is 2. The molecule has 0 unspecified atom stereocenters. The molecule has 0 spiro atoms. The lowest BCUT2D eigenvalue weighted by Crippen LogP contribution is -1.93. The van der Waals surface area contributed by atoms with E-state index in [0.717, 1.165) is 22.0 Å². The fourth-order valence-corrected chi connectivity index (χ4v) is 3.21. The van der Waals surface area contributed by atoms with Gasteiger partial charge in [-0.1, -0.05) is 65.7 Å². The van der Waals surface area contributed by atoms with Gasteiger partial charge in [-0.2, -0.15) is 0 Å². The Bertz CT molecular complexity index is 1310. The smallest absolute Gasteiger partial charge is 0.230 e. The van der Waals surface area contributed by atoms with E-state index < -0.39 is 0 Å².